The van der Waals surface area contributed by atoms with Gasteiger partial charge in [-0.15, -0.1) is 0 Å². The fourth-order valence-corrected chi connectivity index (χ4v) is 4.96. The molecule has 0 saturated carbocycles. The molecular weight excluding hydrogens is 437 g/mol. The Kier molecular flexibility index (Phi) is 6.17. The summed E-state index contributed by atoms with van der Waals surface area (Å²) in [4.78, 5) is 2.43. The number of hydrogen-bond donors (Lipinski definition) is 0. The van der Waals surface area contributed by atoms with Crippen LogP contribution in [0.15, 0.2) is 60.7 Å². The lowest BCUT2D eigenvalue weighted by molar-refractivity contribution is 0.473. The van der Waals surface area contributed by atoms with E-state index in [1.54, 1.807) is 0 Å². The van der Waals surface area contributed by atoms with E-state index in [1.165, 1.54) is 42.9 Å². The Morgan fingerprint density at radius 2 is 1.16 bits per heavy atom. The maximum Gasteiger partial charge on any atom is 0.151 e. The van der Waals surface area contributed by atoms with Gasteiger partial charge in [-0.25, -0.2) is 0 Å². The van der Waals surface area contributed by atoms with Crippen molar-refractivity contribution in [3.8, 4) is 11.5 Å². The molecule has 0 atom stereocenters. The van der Waals surface area contributed by atoms with Crippen molar-refractivity contribution >= 4 is 56.1 Å². The van der Waals surface area contributed by atoms with E-state index in [-0.39, 0.29) is 0 Å². The average Bonchev–Trinajstić information content (AvgIpc) is 2.78. The van der Waals surface area contributed by atoms with E-state index in [4.69, 9.17) is 27.9 Å². The van der Waals surface area contributed by atoms with E-state index in [2.05, 4.69) is 48.2 Å². The first-order valence-electron chi connectivity index (χ1n) is 11.5. The van der Waals surface area contributed by atoms with E-state index in [0.29, 0.717) is 0 Å². The van der Waals surface area contributed by atoms with Crippen LogP contribution in [0.25, 0.3) is 21.5 Å². The molecule has 1 aliphatic heterocycles. The van der Waals surface area contributed by atoms with Gasteiger partial charge in [0.05, 0.1) is 11.4 Å². The number of nitrogens with zero attached hydrogens (tertiary/aromatic N) is 1. The Bertz CT molecular complexity index is 1190. The highest BCUT2D eigenvalue weighted by atomic mass is 35.5. The molecule has 0 radical (unpaired) electrons. The van der Waals surface area contributed by atoms with Gasteiger partial charge in [0.15, 0.2) is 11.5 Å². The SMILES string of the molecule is CCCCCCCCN1c2cc3ccc(Cl)cc3cc2Oc2cc3cc(Cl)ccc3cc21. The van der Waals surface area contributed by atoms with E-state index >= 15 is 0 Å². The van der Waals surface area contributed by atoms with E-state index in [1.807, 2.05) is 24.3 Å². The van der Waals surface area contributed by atoms with Crippen LogP contribution < -0.4 is 9.64 Å². The lowest BCUT2D eigenvalue weighted by Crippen LogP contribution is -2.22. The zero-order chi connectivity index (χ0) is 22.1. The van der Waals surface area contributed by atoms with E-state index in [9.17, 15) is 0 Å². The van der Waals surface area contributed by atoms with Crippen LogP contribution in [0.1, 0.15) is 45.4 Å². The van der Waals surface area contributed by atoms with Crippen molar-refractivity contribution in [3.63, 3.8) is 0 Å². The summed E-state index contributed by atoms with van der Waals surface area (Å²) in [6.07, 6.45) is 7.62. The molecule has 4 aromatic rings. The molecule has 0 bridgehead atoms. The molecule has 164 valence electrons. The normalized spacial score (nSPS) is 12.7. The minimum Gasteiger partial charge on any atom is -0.453 e. The zero-order valence-electron chi connectivity index (χ0n) is 18.3. The lowest BCUT2D eigenvalue weighted by atomic mass is 10.0. The topological polar surface area (TPSA) is 12.5 Å². The summed E-state index contributed by atoms with van der Waals surface area (Å²) in [7, 11) is 0. The fraction of sp³-hybridized carbons (Fsp3) is 0.286. The summed E-state index contributed by atoms with van der Waals surface area (Å²) < 4.78 is 6.44. The summed E-state index contributed by atoms with van der Waals surface area (Å²) in [6, 6.07) is 20.7. The Morgan fingerprint density at radius 1 is 0.625 bits per heavy atom. The highest BCUT2D eigenvalue weighted by Crippen LogP contribution is 2.49. The third-order valence-corrected chi connectivity index (χ3v) is 6.77. The second-order valence-electron chi connectivity index (χ2n) is 8.64. The number of hydrogen-bond acceptors (Lipinski definition) is 2. The summed E-state index contributed by atoms with van der Waals surface area (Å²) in [5.74, 6) is 1.75. The van der Waals surface area contributed by atoms with Crippen LogP contribution in [0.5, 0.6) is 11.5 Å². The van der Waals surface area contributed by atoms with Gasteiger partial charge in [0.25, 0.3) is 0 Å². The monoisotopic (exact) mass is 463 g/mol. The number of unbranched alkanes of at least 4 members (excludes halogenated alkanes) is 5. The number of fused-ring (bicyclic) bond motifs is 4. The minimum atomic E-state index is 0.734. The van der Waals surface area contributed by atoms with Gasteiger partial charge < -0.3 is 9.64 Å². The van der Waals surface area contributed by atoms with E-state index < -0.39 is 0 Å². The quantitative estimate of drug-likeness (QED) is 0.252. The van der Waals surface area contributed by atoms with Crippen LogP contribution in [-0.4, -0.2) is 6.54 Å². The second-order valence-corrected chi connectivity index (χ2v) is 9.52. The molecule has 0 aromatic heterocycles. The van der Waals surface area contributed by atoms with Crippen LogP contribution >= 0.6 is 23.2 Å². The zero-order valence-corrected chi connectivity index (χ0v) is 19.8. The van der Waals surface area contributed by atoms with Crippen LogP contribution in [0.4, 0.5) is 11.4 Å². The molecule has 4 heteroatoms. The summed E-state index contributed by atoms with van der Waals surface area (Å²) >= 11 is 12.5. The Balaban J connectivity index is 1.54. The van der Waals surface area contributed by atoms with Crippen molar-refractivity contribution in [1.82, 2.24) is 0 Å². The highest BCUT2D eigenvalue weighted by molar-refractivity contribution is 6.31. The predicted octanol–water partition coefficient (Wildman–Crippen LogP) is 9.90. The minimum absolute atomic E-state index is 0.734. The van der Waals surface area contributed by atoms with Gasteiger partial charge >= 0.3 is 0 Å². The molecule has 1 heterocycles. The first-order chi connectivity index (χ1) is 15.6. The Morgan fingerprint density at radius 3 is 1.72 bits per heavy atom. The smallest absolute Gasteiger partial charge is 0.151 e. The van der Waals surface area contributed by atoms with Crippen LogP contribution in [-0.2, 0) is 0 Å². The van der Waals surface area contributed by atoms with E-state index in [0.717, 1.165) is 56.7 Å². The molecule has 0 fully saturated rings. The summed E-state index contributed by atoms with van der Waals surface area (Å²) in [5.41, 5.74) is 2.24. The van der Waals surface area contributed by atoms with Gasteiger partial charge in [-0.2, -0.15) is 0 Å². The van der Waals surface area contributed by atoms with Gasteiger partial charge in [0, 0.05) is 16.6 Å². The number of halogens is 2. The molecule has 0 N–H and O–H groups in total. The van der Waals surface area contributed by atoms with Gasteiger partial charge in [-0.1, -0.05) is 74.4 Å². The first kappa shape index (κ1) is 21.4. The van der Waals surface area contributed by atoms with Crippen LogP contribution in [0.2, 0.25) is 10.0 Å². The van der Waals surface area contributed by atoms with Crippen molar-refractivity contribution < 1.29 is 4.74 Å². The number of ether oxygens (including phenoxy) is 1. The number of rotatable bonds is 7. The third kappa shape index (κ3) is 4.27. The highest BCUT2D eigenvalue weighted by Gasteiger charge is 2.25. The van der Waals surface area contributed by atoms with Crippen molar-refractivity contribution in [2.45, 2.75) is 45.4 Å². The maximum absolute atomic E-state index is 6.44. The molecule has 0 amide bonds. The van der Waals surface area contributed by atoms with Crippen molar-refractivity contribution in [2.75, 3.05) is 11.4 Å². The van der Waals surface area contributed by atoms with Crippen molar-refractivity contribution in [1.29, 1.82) is 0 Å². The van der Waals surface area contributed by atoms with Crippen LogP contribution in [0.3, 0.4) is 0 Å². The maximum atomic E-state index is 6.44. The van der Waals surface area contributed by atoms with Crippen molar-refractivity contribution in [3.05, 3.63) is 70.7 Å². The predicted molar refractivity (Wildman–Crippen MR) is 138 cm³/mol. The summed E-state index contributed by atoms with van der Waals surface area (Å²) in [6.45, 7) is 3.23. The third-order valence-electron chi connectivity index (χ3n) is 6.30. The molecular formula is C28H27Cl2NO. The Labute approximate surface area is 199 Å². The fourth-order valence-electron chi connectivity index (χ4n) is 4.60. The largest absolute Gasteiger partial charge is 0.453 e. The first-order valence-corrected chi connectivity index (χ1v) is 12.3. The molecule has 32 heavy (non-hydrogen) atoms. The summed E-state index contributed by atoms with van der Waals surface area (Å²) in [5, 5.41) is 5.98. The number of anilines is 2. The molecule has 1 aliphatic rings. The van der Waals surface area contributed by atoms with Crippen LogP contribution in [0, 0.1) is 0 Å². The molecule has 4 aromatic carbocycles. The number of benzene rings is 4. The van der Waals surface area contributed by atoms with Gasteiger partial charge in [-0.05, 0) is 76.5 Å². The van der Waals surface area contributed by atoms with Gasteiger partial charge in [-0.3, -0.25) is 0 Å². The molecule has 0 unspecified atom stereocenters. The standard InChI is InChI=1S/C28H27Cl2NO/c1-2-3-4-5-6-7-12-31-25-15-19-8-10-23(29)13-21(19)17-27(25)32-28-18-22-14-24(30)11-9-20(22)16-26(28)31/h8-11,13-18H,2-7,12H2,1H3. The van der Waals surface area contributed by atoms with Gasteiger partial charge in [0.1, 0.15) is 0 Å². The molecule has 0 saturated heterocycles. The molecule has 5 rings (SSSR count). The average molecular weight is 464 g/mol. The molecule has 0 aliphatic carbocycles. The van der Waals surface area contributed by atoms with Crippen molar-refractivity contribution in [2.24, 2.45) is 0 Å². The molecule has 0 spiro atoms. The molecule has 2 nitrogen and oxygen atoms in total. The second kappa shape index (κ2) is 9.21. The lowest BCUT2D eigenvalue weighted by Gasteiger charge is -2.33. The van der Waals surface area contributed by atoms with Gasteiger partial charge in [0.2, 0.25) is 0 Å². The Hall–Kier alpha value is -2.42.